The Morgan fingerprint density at radius 3 is 2.76 bits per heavy atom. The highest BCUT2D eigenvalue weighted by molar-refractivity contribution is 6.31. The molecule has 6 heteroatoms. The van der Waals surface area contributed by atoms with Crippen molar-refractivity contribution in [1.82, 2.24) is 14.7 Å². The summed E-state index contributed by atoms with van der Waals surface area (Å²) in [7, 11) is 1.85. The first-order valence-electron chi connectivity index (χ1n) is 6.83. The molecule has 3 rings (SSSR count). The van der Waals surface area contributed by atoms with Crippen LogP contribution in [0.3, 0.4) is 0 Å². The number of hydrogen-bond acceptors (Lipinski definition) is 3. The number of primary amides is 1. The molecule has 1 aliphatic rings. The van der Waals surface area contributed by atoms with Crippen LogP contribution in [-0.4, -0.2) is 26.6 Å². The minimum Gasteiger partial charge on any atom is -0.368 e. The zero-order valence-electron chi connectivity index (χ0n) is 11.8. The average molecular weight is 305 g/mol. The molecule has 1 atom stereocenters. The van der Waals surface area contributed by atoms with E-state index in [0.29, 0.717) is 24.5 Å². The number of nitrogens with zero attached hydrogens (tertiary/aromatic N) is 3. The largest absolute Gasteiger partial charge is 0.368 e. The van der Waals surface area contributed by atoms with Gasteiger partial charge in [0.25, 0.3) is 0 Å². The summed E-state index contributed by atoms with van der Waals surface area (Å²) >= 11 is 6.17. The quantitative estimate of drug-likeness (QED) is 0.934. The molecule has 1 amide bonds. The third kappa shape index (κ3) is 2.66. The maximum Gasteiger partial charge on any atom is 0.235 e. The normalized spacial score (nSPS) is 18.5. The van der Waals surface area contributed by atoms with Gasteiger partial charge < -0.3 is 5.73 Å². The van der Waals surface area contributed by atoms with Crippen molar-refractivity contribution in [1.29, 1.82) is 0 Å². The lowest BCUT2D eigenvalue weighted by Crippen LogP contribution is -2.48. The first-order chi connectivity index (χ1) is 10.1. The fraction of sp³-hybridized carbons (Fsp3) is 0.333. The second kappa shape index (κ2) is 5.50. The van der Waals surface area contributed by atoms with Crippen molar-refractivity contribution in [2.24, 2.45) is 12.8 Å². The SMILES string of the molecule is Cn1ncc(Cl)c1CN1Cc2ccccc2C[C@H]1C(N)=O. The van der Waals surface area contributed by atoms with Gasteiger partial charge in [-0.05, 0) is 17.5 Å². The van der Waals surface area contributed by atoms with Crippen LogP contribution in [0.4, 0.5) is 0 Å². The van der Waals surface area contributed by atoms with Gasteiger partial charge in [0, 0.05) is 20.1 Å². The van der Waals surface area contributed by atoms with Crippen LogP contribution >= 0.6 is 11.6 Å². The van der Waals surface area contributed by atoms with Gasteiger partial charge >= 0.3 is 0 Å². The van der Waals surface area contributed by atoms with Crippen LogP contribution in [0.1, 0.15) is 16.8 Å². The number of hydrogen-bond donors (Lipinski definition) is 1. The van der Waals surface area contributed by atoms with Gasteiger partial charge in [0.15, 0.2) is 0 Å². The Kier molecular flexibility index (Phi) is 3.69. The van der Waals surface area contributed by atoms with Crippen molar-refractivity contribution in [3.63, 3.8) is 0 Å². The number of benzene rings is 1. The smallest absolute Gasteiger partial charge is 0.235 e. The molecule has 0 fully saturated rings. The van der Waals surface area contributed by atoms with Gasteiger partial charge in [0.2, 0.25) is 5.91 Å². The fourth-order valence-electron chi connectivity index (χ4n) is 2.83. The predicted octanol–water partition coefficient (Wildman–Crippen LogP) is 1.49. The van der Waals surface area contributed by atoms with E-state index in [1.54, 1.807) is 10.9 Å². The summed E-state index contributed by atoms with van der Waals surface area (Å²) in [6.07, 6.45) is 2.26. The van der Waals surface area contributed by atoms with E-state index in [4.69, 9.17) is 17.3 Å². The third-order valence-electron chi connectivity index (χ3n) is 4.04. The monoisotopic (exact) mass is 304 g/mol. The van der Waals surface area contributed by atoms with E-state index in [1.807, 2.05) is 19.2 Å². The van der Waals surface area contributed by atoms with Gasteiger partial charge in [0.1, 0.15) is 0 Å². The van der Waals surface area contributed by atoms with Gasteiger partial charge in [0.05, 0.1) is 23.0 Å². The second-order valence-electron chi connectivity index (χ2n) is 5.36. The molecule has 2 heterocycles. The lowest BCUT2D eigenvalue weighted by Gasteiger charge is -2.35. The van der Waals surface area contributed by atoms with E-state index in [9.17, 15) is 4.79 Å². The number of amides is 1. The van der Waals surface area contributed by atoms with Crippen LogP contribution < -0.4 is 5.73 Å². The van der Waals surface area contributed by atoms with E-state index in [1.165, 1.54) is 11.1 Å². The highest BCUT2D eigenvalue weighted by Gasteiger charge is 2.30. The summed E-state index contributed by atoms with van der Waals surface area (Å²) in [6.45, 7) is 1.24. The number of aryl methyl sites for hydroxylation is 1. The molecule has 1 aromatic carbocycles. The van der Waals surface area contributed by atoms with Crippen LogP contribution in [0.2, 0.25) is 5.02 Å². The Morgan fingerprint density at radius 1 is 1.43 bits per heavy atom. The van der Waals surface area contributed by atoms with Crippen LogP contribution in [0.15, 0.2) is 30.5 Å². The van der Waals surface area contributed by atoms with Crippen molar-refractivity contribution in [3.8, 4) is 0 Å². The zero-order valence-corrected chi connectivity index (χ0v) is 12.5. The molecular weight excluding hydrogens is 288 g/mol. The summed E-state index contributed by atoms with van der Waals surface area (Å²) in [6, 6.07) is 7.83. The number of carbonyl (C=O) groups excluding carboxylic acids is 1. The van der Waals surface area contributed by atoms with Crippen molar-refractivity contribution >= 4 is 17.5 Å². The van der Waals surface area contributed by atoms with Gasteiger partial charge in [-0.15, -0.1) is 0 Å². The molecular formula is C15H17ClN4O. The first-order valence-corrected chi connectivity index (χ1v) is 7.20. The van der Waals surface area contributed by atoms with E-state index < -0.39 is 0 Å². The van der Waals surface area contributed by atoms with Crippen LogP contribution in [0, 0.1) is 0 Å². The van der Waals surface area contributed by atoms with Crippen LogP contribution in [0.5, 0.6) is 0 Å². The number of rotatable bonds is 3. The lowest BCUT2D eigenvalue weighted by atomic mass is 9.93. The van der Waals surface area contributed by atoms with Crippen molar-refractivity contribution in [2.45, 2.75) is 25.6 Å². The fourth-order valence-corrected chi connectivity index (χ4v) is 3.06. The van der Waals surface area contributed by atoms with Crippen molar-refractivity contribution in [3.05, 3.63) is 52.3 Å². The minimum atomic E-state index is -0.314. The number of fused-ring (bicyclic) bond motifs is 1. The Labute approximate surface area is 128 Å². The number of aromatic nitrogens is 2. The summed E-state index contributed by atoms with van der Waals surface area (Å²) in [4.78, 5) is 13.9. The van der Waals surface area contributed by atoms with E-state index >= 15 is 0 Å². The highest BCUT2D eigenvalue weighted by atomic mass is 35.5. The maximum atomic E-state index is 11.8. The molecule has 1 aromatic heterocycles. The summed E-state index contributed by atoms with van der Waals surface area (Å²) < 4.78 is 1.74. The molecule has 0 saturated carbocycles. The lowest BCUT2D eigenvalue weighted by molar-refractivity contribution is -0.124. The summed E-state index contributed by atoms with van der Waals surface area (Å²) in [5.74, 6) is -0.303. The Morgan fingerprint density at radius 2 is 2.14 bits per heavy atom. The van der Waals surface area contributed by atoms with Crippen molar-refractivity contribution in [2.75, 3.05) is 0 Å². The van der Waals surface area contributed by atoms with Gasteiger partial charge in [-0.25, -0.2) is 0 Å². The molecule has 0 bridgehead atoms. The van der Waals surface area contributed by atoms with E-state index in [0.717, 1.165) is 5.69 Å². The molecule has 0 unspecified atom stereocenters. The summed E-state index contributed by atoms with van der Waals surface area (Å²) in [5.41, 5.74) is 8.89. The van der Waals surface area contributed by atoms with Gasteiger partial charge in [-0.1, -0.05) is 35.9 Å². The van der Waals surface area contributed by atoms with E-state index in [-0.39, 0.29) is 11.9 Å². The Balaban J connectivity index is 1.91. The van der Waals surface area contributed by atoms with Crippen molar-refractivity contribution < 1.29 is 4.79 Å². The van der Waals surface area contributed by atoms with Gasteiger partial charge in [-0.3, -0.25) is 14.4 Å². The molecule has 0 aliphatic carbocycles. The second-order valence-corrected chi connectivity index (χ2v) is 5.77. The zero-order chi connectivity index (χ0) is 15.0. The number of carbonyl (C=O) groups is 1. The molecule has 1 aliphatic heterocycles. The average Bonchev–Trinajstić information content (AvgIpc) is 2.78. The van der Waals surface area contributed by atoms with E-state index in [2.05, 4.69) is 22.1 Å². The number of nitrogens with two attached hydrogens (primary N) is 1. The topological polar surface area (TPSA) is 64.2 Å². The van der Waals surface area contributed by atoms with Gasteiger partial charge in [-0.2, -0.15) is 5.10 Å². The Hall–Kier alpha value is -1.85. The molecule has 21 heavy (non-hydrogen) atoms. The molecule has 0 spiro atoms. The Bertz CT molecular complexity index is 663. The molecule has 2 aromatic rings. The molecule has 5 nitrogen and oxygen atoms in total. The molecule has 2 N–H and O–H groups in total. The minimum absolute atomic E-state index is 0.303. The predicted molar refractivity (Wildman–Crippen MR) is 80.6 cm³/mol. The maximum absolute atomic E-state index is 11.8. The summed E-state index contributed by atoms with van der Waals surface area (Å²) in [5, 5.41) is 4.75. The molecule has 0 saturated heterocycles. The standard InChI is InChI=1S/C15H17ClN4O/c1-19-14(12(16)7-18-19)9-20-8-11-5-3-2-4-10(11)6-13(20)15(17)21/h2-5,7,13H,6,8-9H2,1H3,(H2,17,21)/t13-/m0/s1. The number of halogens is 1. The molecule has 0 radical (unpaired) electrons. The molecule has 110 valence electrons. The first kappa shape index (κ1) is 14.1. The third-order valence-corrected chi connectivity index (χ3v) is 4.35. The van der Waals surface area contributed by atoms with Crippen LogP contribution in [0.25, 0.3) is 0 Å². The highest BCUT2D eigenvalue weighted by Crippen LogP contribution is 2.26. The van der Waals surface area contributed by atoms with Crippen LogP contribution in [-0.2, 0) is 31.4 Å².